The summed E-state index contributed by atoms with van der Waals surface area (Å²) in [6, 6.07) is 3.89. The van der Waals surface area contributed by atoms with Gasteiger partial charge in [0.1, 0.15) is 23.7 Å². The maximum atomic E-state index is 12.2. The van der Waals surface area contributed by atoms with Gasteiger partial charge in [0.05, 0.1) is 0 Å². The monoisotopic (exact) mass is 324 g/mol. The van der Waals surface area contributed by atoms with E-state index >= 15 is 0 Å². The summed E-state index contributed by atoms with van der Waals surface area (Å²) in [6.07, 6.45) is 1.84. The largest absolute Gasteiger partial charge is 0.267 e. The Morgan fingerprint density at radius 2 is 2.29 bits per heavy atom. The molecule has 0 saturated carbocycles. The van der Waals surface area contributed by atoms with Crippen LogP contribution in [0.15, 0.2) is 29.0 Å². The molecule has 0 atom stereocenters. The molecule has 110 valence electrons. The highest BCUT2D eigenvalue weighted by atomic mass is 32.2. The minimum Gasteiger partial charge on any atom is -0.262 e. The summed E-state index contributed by atoms with van der Waals surface area (Å²) in [7, 11) is -2.00. The van der Waals surface area contributed by atoms with Crippen LogP contribution in [-0.2, 0) is 29.1 Å². The molecule has 21 heavy (non-hydrogen) atoms. The fourth-order valence-corrected chi connectivity index (χ4v) is 3.63. The number of thiophene rings is 1. The summed E-state index contributed by atoms with van der Waals surface area (Å²) in [4.78, 5) is 9.05. The van der Waals surface area contributed by atoms with E-state index in [4.69, 9.17) is 0 Å². The van der Waals surface area contributed by atoms with Crippen LogP contribution in [0.2, 0.25) is 0 Å². The Balaban J connectivity index is 1.80. The van der Waals surface area contributed by atoms with Crippen molar-refractivity contribution in [3.63, 3.8) is 0 Å². The van der Waals surface area contributed by atoms with Crippen LogP contribution in [0, 0.1) is 0 Å². The molecule has 0 spiro atoms. The third-order valence-electron chi connectivity index (χ3n) is 2.84. The molecule has 10 heteroatoms. The third kappa shape index (κ3) is 3.00. The maximum absolute atomic E-state index is 12.2. The second-order valence-corrected chi connectivity index (χ2v) is 7.30. The van der Waals surface area contributed by atoms with Crippen LogP contribution in [0.4, 0.5) is 0 Å². The lowest BCUT2D eigenvalue weighted by molar-refractivity contribution is 0.582. The van der Waals surface area contributed by atoms with Gasteiger partial charge in [-0.05, 0) is 11.4 Å². The zero-order valence-electron chi connectivity index (χ0n) is 11.1. The van der Waals surface area contributed by atoms with E-state index in [2.05, 4.69) is 25.3 Å². The van der Waals surface area contributed by atoms with E-state index in [1.54, 1.807) is 18.4 Å². The molecule has 3 rings (SSSR count). The molecule has 0 aliphatic heterocycles. The Hall–Kier alpha value is -2.07. The number of sulfone groups is 1. The third-order valence-corrected chi connectivity index (χ3v) is 5.09. The van der Waals surface area contributed by atoms with Crippen molar-refractivity contribution in [2.24, 2.45) is 7.05 Å². The lowest BCUT2D eigenvalue weighted by Crippen LogP contribution is -2.11. The fraction of sp³-hybridized carbons (Fsp3) is 0.273. The molecule has 8 nitrogen and oxygen atoms in total. The van der Waals surface area contributed by atoms with Crippen LogP contribution in [0.3, 0.4) is 0 Å². The number of nitrogens with one attached hydrogen (secondary N) is 1. The maximum Gasteiger partial charge on any atom is 0.267 e. The van der Waals surface area contributed by atoms with Gasteiger partial charge in [-0.1, -0.05) is 6.07 Å². The van der Waals surface area contributed by atoms with Crippen molar-refractivity contribution in [1.29, 1.82) is 0 Å². The number of aromatic nitrogens is 6. The molecule has 3 heterocycles. The number of hydrogen-bond acceptors (Lipinski definition) is 7. The molecule has 0 fully saturated rings. The molecule has 0 unspecified atom stereocenters. The van der Waals surface area contributed by atoms with Crippen LogP contribution in [0.5, 0.6) is 0 Å². The molecule has 0 bridgehead atoms. The Morgan fingerprint density at radius 3 is 2.95 bits per heavy atom. The standard InChI is InChI=1S/C11H12N6O2S2/c1-17-10(12-7-13-17)6-21(18,19)11-14-9(15-16-11)5-8-3-2-4-20-8/h2-4,7H,5-6H2,1H3,(H,14,15,16). The molecule has 3 aromatic rings. The van der Waals surface area contributed by atoms with Gasteiger partial charge in [0.2, 0.25) is 9.84 Å². The lowest BCUT2D eigenvalue weighted by Gasteiger charge is -1.99. The molecular formula is C11H12N6O2S2. The van der Waals surface area contributed by atoms with E-state index in [-0.39, 0.29) is 10.9 Å². The van der Waals surface area contributed by atoms with Gasteiger partial charge in [0, 0.05) is 18.3 Å². The van der Waals surface area contributed by atoms with E-state index in [0.29, 0.717) is 18.1 Å². The Labute approximate surface area is 124 Å². The average Bonchev–Trinajstić information content (AvgIpc) is 3.14. The van der Waals surface area contributed by atoms with Crippen molar-refractivity contribution in [1.82, 2.24) is 29.9 Å². The zero-order chi connectivity index (χ0) is 14.9. The molecule has 0 aliphatic rings. The predicted octanol–water partition coefficient (Wildman–Crippen LogP) is 0.559. The second kappa shape index (κ2) is 5.37. The van der Waals surface area contributed by atoms with Gasteiger partial charge in [-0.15, -0.1) is 16.4 Å². The topological polar surface area (TPSA) is 106 Å². The van der Waals surface area contributed by atoms with Crippen LogP contribution in [0.25, 0.3) is 0 Å². The van der Waals surface area contributed by atoms with Gasteiger partial charge in [-0.3, -0.25) is 9.78 Å². The van der Waals surface area contributed by atoms with Crippen molar-refractivity contribution < 1.29 is 8.42 Å². The average molecular weight is 324 g/mol. The number of aryl methyl sites for hydroxylation is 1. The van der Waals surface area contributed by atoms with Crippen LogP contribution >= 0.6 is 11.3 Å². The van der Waals surface area contributed by atoms with Gasteiger partial charge < -0.3 is 0 Å². The first-order chi connectivity index (χ1) is 10.0. The first kappa shape index (κ1) is 13.9. The van der Waals surface area contributed by atoms with E-state index in [1.165, 1.54) is 11.0 Å². The van der Waals surface area contributed by atoms with E-state index < -0.39 is 9.84 Å². The van der Waals surface area contributed by atoms with E-state index in [1.807, 2.05) is 17.5 Å². The first-order valence-corrected chi connectivity index (χ1v) is 8.57. The van der Waals surface area contributed by atoms with Gasteiger partial charge in [0.15, 0.2) is 0 Å². The van der Waals surface area contributed by atoms with Gasteiger partial charge in [-0.25, -0.2) is 18.4 Å². The summed E-state index contributed by atoms with van der Waals surface area (Å²) in [6.45, 7) is 0. The minimum atomic E-state index is -3.64. The Kier molecular flexibility index (Phi) is 3.55. The van der Waals surface area contributed by atoms with Crippen LogP contribution < -0.4 is 0 Å². The lowest BCUT2D eigenvalue weighted by atomic mass is 10.3. The highest BCUT2D eigenvalue weighted by Gasteiger charge is 2.23. The number of nitrogens with zero attached hydrogens (tertiary/aromatic N) is 5. The molecular weight excluding hydrogens is 312 g/mol. The smallest absolute Gasteiger partial charge is 0.262 e. The summed E-state index contributed by atoms with van der Waals surface area (Å²) >= 11 is 1.58. The summed E-state index contributed by atoms with van der Waals surface area (Å²) in [5.74, 6) is 0.591. The highest BCUT2D eigenvalue weighted by Crippen LogP contribution is 2.15. The van der Waals surface area contributed by atoms with Crippen molar-refractivity contribution in [3.05, 3.63) is 40.4 Å². The molecule has 0 aliphatic carbocycles. The van der Waals surface area contributed by atoms with Gasteiger partial charge in [0.25, 0.3) is 5.16 Å². The molecule has 0 aromatic carbocycles. The number of hydrogen-bond donors (Lipinski definition) is 1. The summed E-state index contributed by atoms with van der Waals surface area (Å²) < 4.78 is 25.9. The first-order valence-electron chi connectivity index (χ1n) is 6.04. The van der Waals surface area contributed by atoms with Crippen molar-refractivity contribution in [2.45, 2.75) is 17.3 Å². The van der Waals surface area contributed by atoms with E-state index in [0.717, 1.165) is 4.88 Å². The summed E-state index contributed by atoms with van der Waals surface area (Å²) in [5.41, 5.74) is 0. The fourth-order valence-electron chi connectivity index (χ4n) is 1.76. The van der Waals surface area contributed by atoms with Gasteiger partial charge >= 0.3 is 0 Å². The molecule has 3 aromatic heterocycles. The molecule has 0 saturated heterocycles. The highest BCUT2D eigenvalue weighted by molar-refractivity contribution is 7.90. The summed E-state index contributed by atoms with van der Waals surface area (Å²) in [5, 5.41) is 12.1. The second-order valence-electron chi connectivity index (χ2n) is 4.38. The van der Waals surface area contributed by atoms with Crippen molar-refractivity contribution in [3.8, 4) is 0 Å². The predicted molar refractivity (Wildman–Crippen MR) is 75.4 cm³/mol. The normalized spacial score (nSPS) is 11.9. The number of H-pyrrole nitrogens is 1. The number of aromatic amines is 1. The molecule has 1 N–H and O–H groups in total. The van der Waals surface area contributed by atoms with Crippen LogP contribution in [0.1, 0.15) is 16.5 Å². The quantitative estimate of drug-likeness (QED) is 0.735. The molecule has 0 amide bonds. The Bertz CT molecular complexity index is 834. The van der Waals surface area contributed by atoms with Crippen molar-refractivity contribution >= 4 is 21.2 Å². The SMILES string of the molecule is Cn1ncnc1CS(=O)(=O)c1n[nH]c(Cc2cccs2)n1. The van der Waals surface area contributed by atoms with E-state index in [9.17, 15) is 8.42 Å². The zero-order valence-corrected chi connectivity index (χ0v) is 12.7. The number of rotatable bonds is 5. The minimum absolute atomic E-state index is 0.211. The molecule has 0 radical (unpaired) electrons. The van der Waals surface area contributed by atoms with Gasteiger partial charge in [-0.2, -0.15) is 5.10 Å². The Morgan fingerprint density at radius 1 is 1.43 bits per heavy atom. The van der Waals surface area contributed by atoms with Crippen LogP contribution in [-0.4, -0.2) is 38.4 Å². The van der Waals surface area contributed by atoms with Crippen molar-refractivity contribution in [2.75, 3.05) is 0 Å².